The monoisotopic (exact) mass is 368 g/mol. The minimum atomic E-state index is -0.638. The van der Waals surface area contributed by atoms with Crippen molar-refractivity contribution in [1.82, 2.24) is 10.6 Å². The van der Waals surface area contributed by atoms with Gasteiger partial charge in [0.25, 0.3) is 5.91 Å². The minimum absolute atomic E-state index is 0.233. The predicted molar refractivity (Wildman–Crippen MR) is 96.4 cm³/mol. The Hall–Kier alpha value is -2.08. The Kier molecular flexibility index (Phi) is 8.99. The van der Waals surface area contributed by atoms with Crippen molar-refractivity contribution in [2.75, 3.05) is 13.7 Å². The summed E-state index contributed by atoms with van der Waals surface area (Å²) in [7, 11) is 1.33. The molecule has 0 unspecified atom stereocenters. The fraction of sp³-hybridized carbons (Fsp3) is 0.500. The number of carbonyl (C=O) groups excluding carboxylic acids is 3. The van der Waals surface area contributed by atoms with Crippen LogP contribution in [-0.4, -0.2) is 37.5 Å². The van der Waals surface area contributed by atoms with Gasteiger partial charge in [0, 0.05) is 23.6 Å². The Morgan fingerprint density at radius 3 is 2.36 bits per heavy atom. The average Bonchev–Trinajstić information content (AvgIpc) is 2.57. The van der Waals surface area contributed by atoms with Crippen molar-refractivity contribution in [1.29, 1.82) is 0 Å². The highest BCUT2D eigenvalue weighted by molar-refractivity contribution is 6.30. The van der Waals surface area contributed by atoms with Crippen LogP contribution in [0.4, 0.5) is 0 Å². The molecule has 0 aromatic heterocycles. The van der Waals surface area contributed by atoms with Crippen molar-refractivity contribution in [2.24, 2.45) is 5.92 Å². The summed E-state index contributed by atoms with van der Waals surface area (Å²) >= 11 is 5.82. The van der Waals surface area contributed by atoms with E-state index in [0.717, 1.165) is 0 Å². The summed E-state index contributed by atoms with van der Waals surface area (Å²) in [6.45, 7) is 4.30. The van der Waals surface area contributed by atoms with Crippen LogP contribution in [0, 0.1) is 5.92 Å². The largest absolute Gasteiger partial charge is 0.469 e. The van der Waals surface area contributed by atoms with E-state index in [1.165, 1.54) is 7.11 Å². The van der Waals surface area contributed by atoms with E-state index in [2.05, 4.69) is 15.4 Å². The van der Waals surface area contributed by atoms with Gasteiger partial charge in [-0.15, -0.1) is 0 Å². The molecule has 138 valence electrons. The molecular weight excluding hydrogens is 344 g/mol. The van der Waals surface area contributed by atoms with Crippen molar-refractivity contribution in [3.63, 3.8) is 0 Å². The molecule has 0 aliphatic carbocycles. The molecule has 1 aromatic carbocycles. The molecule has 0 heterocycles. The van der Waals surface area contributed by atoms with Gasteiger partial charge in [0.2, 0.25) is 5.91 Å². The van der Waals surface area contributed by atoms with Crippen LogP contribution >= 0.6 is 11.6 Å². The number of hydrogen-bond acceptors (Lipinski definition) is 4. The molecule has 0 aliphatic rings. The summed E-state index contributed by atoms with van der Waals surface area (Å²) in [5.74, 6) is -0.673. The number of hydrogen-bond donors (Lipinski definition) is 2. The van der Waals surface area contributed by atoms with Gasteiger partial charge in [-0.05, 0) is 43.0 Å². The van der Waals surface area contributed by atoms with Crippen molar-refractivity contribution in [2.45, 2.75) is 39.2 Å². The summed E-state index contributed by atoms with van der Waals surface area (Å²) in [5, 5.41) is 6.05. The second-order valence-electron chi connectivity index (χ2n) is 6.13. The van der Waals surface area contributed by atoms with Gasteiger partial charge >= 0.3 is 5.97 Å². The number of amides is 2. The number of halogens is 1. The molecule has 0 fully saturated rings. The Balaban J connectivity index is 2.60. The van der Waals surface area contributed by atoms with Gasteiger partial charge < -0.3 is 15.4 Å². The molecule has 25 heavy (non-hydrogen) atoms. The third kappa shape index (κ3) is 8.03. The summed E-state index contributed by atoms with van der Waals surface area (Å²) < 4.78 is 4.55. The summed E-state index contributed by atoms with van der Waals surface area (Å²) in [5.41, 5.74) is 0.441. The third-order valence-corrected chi connectivity index (χ3v) is 3.77. The maximum Gasteiger partial charge on any atom is 0.305 e. The first-order valence-corrected chi connectivity index (χ1v) is 8.62. The summed E-state index contributed by atoms with van der Waals surface area (Å²) in [6.07, 6.45) is 1.24. The van der Waals surface area contributed by atoms with Crippen LogP contribution in [0.15, 0.2) is 24.3 Å². The van der Waals surface area contributed by atoms with Gasteiger partial charge in [-0.3, -0.25) is 14.4 Å². The van der Waals surface area contributed by atoms with Crippen LogP contribution in [0.2, 0.25) is 5.02 Å². The lowest BCUT2D eigenvalue weighted by Gasteiger charge is -2.20. The summed E-state index contributed by atoms with van der Waals surface area (Å²) in [4.78, 5) is 35.7. The fourth-order valence-corrected chi connectivity index (χ4v) is 2.34. The molecule has 0 bridgehead atoms. The summed E-state index contributed by atoms with van der Waals surface area (Å²) in [6, 6.07) is 5.83. The van der Waals surface area contributed by atoms with Crippen molar-refractivity contribution in [3.05, 3.63) is 34.9 Å². The molecule has 2 amide bonds. The van der Waals surface area contributed by atoms with E-state index in [1.54, 1.807) is 24.3 Å². The lowest BCUT2D eigenvalue weighted by atomic mass is 10.0. The molecular formula is C18H25ClN2O4. The molecule has 0 saturated heterocycles. The number of carbonyl (C=O) groups is 3. The number of benzene rings is 1. The first kappa shape index (κ1) is 21.0. The van der Waals surface area contributed by atoms with Crippen molar-refractivity contribution in [3.8, 4) is 0 Å². The standard InChI is InChI=1S/C18H25ClN2O4/c1-12(2)11-15(18(24)20-10-4-5-16(22)25-3)21-17(23)13-6-8-14(19)9-7-13/h6-9,12,15H,4-5,10-11H2,1-3H3,(H,20,24)(H,21,23)/t15-/m1/s1. The molecule has 1 atom stereocenters. The van der Waals surface area contributed by atoms with Crippen LogP contribution in [0.25, 0.3) is 0 Å². The smallest absolute Gasteiger partial charge is 0.305 e. The molecule has 2 N–H and O–H groups in total. The highest BCUT2D eigenvalue weighted by Crippen LogP contribution is 2.11. The number of esters is 1. The second kappa shape index (κ2) is 10.7. The number of rotatable bonds is 9. The topological polar surface area (TPSA) is 84.5 Å². The minimum Gasteiger partial charge on any atom is -0.469 e. The Morgan fingerprint density at radius 1 is 1.16 bits per heavy atom. The molecule has 1 rings (SSSR count). The Labute approximate surface area is 153 Å². The quantitative estimate of drug-likeness (QED) is 0.518. The number of nitrogens with one attached hydrogen (secondary N) is 2. The maximum absolute atomic E-state index is 12.4. The molecule has 1 aromatic rings. The lowest BCUT2D eigenvalue weighted by molar-refractivity contribution is -0.140. The zero-order valence-electron chi connectivity index (χ0n) is 14.8. The van der Waals surface area contributed by atoms with E-state index in [4.69, 9.17) is 11.6 Å². The first-order chi connectivity index (χ1) is 11.8. The second-order valence-corrected chi connectivity index (χ2v) is 6.57. The molecule has 6 nitrogen and oxygen atoms in total. The van der Waals surface area contributed by atoms with Crippen LogP contribution in [0.1, 0.15) is 43.5 Å². The predicted octanol–water partition coefficient (Wildman–Crippen LogP) is 2.55. The highest BCUT2D eigenvalue weighted by atomic mass is 35.5. The third-order valence-electron chi connectivity index (χ3n) is 3.52. The van der Waals surface area contributed by atoms with Gasteiger partial charge in [-0.2, -0.15) is 0 Å². The Bertz CT molecular complexity index is 587. The van der Waals surface area contributed by atoms with Gasteiger partial charge in [-0.1, -0.05) is 25.4 Å². The fourth-order valence-electron chi connectivity index (χ4n) is 2.22. The normalized spacial score (nSPS) is 11.7. The molecule has 7 heteroatoms. The average molecular weight is 369 g/mol. The molecule has 0 aliphatic heterocycles. The maximum atomic E-state index is 12.4. The zero-order chi connectivity index (χ0) is 18.8. The van der Waals surface area contributed by atoms with E-state index < -0.39 is 6.04 Å². The molecule has 0 radical (unpaired) electrons. The van der Waals surface area contributed by atoms with Gasteiger partial charge in [-0.25, -0.2) is 0 Å². The van der Waals surface area contributed by atoms with Crippen LogP contribution in [0.3, 0.4) is 0 Å². The van der Waals surface area contributed by atoms with Gasteiger partial charge in [0.15, 0.2) is 0 Å². The van der Waals surface area contributed by atoms with E-state index in [1.807, 2.05) is 13.8 Å². The van der Waals surface area contributed by atoms with Gasteiger partial charge in [0.1, 0.15) is 6.04 Å². The van der Waals surface area contributed by atoms with Crippen LogP contribution < -0.4 is 10.6 Å². The number of methoxy groups -OCH3 is 1. The Morgan fingerprint density at radius 2 is 1.80 bits per heavy atom. The van der Waals surface area contributed by atoms with E-state index in [0.29, 0.717) is 30.0 Å². The first-order valence-electron chi connectivity index (χ1n) is 8.24. The molecule has 0 spiro atoms. The van der Waals surface area contributed by atoms with E-state index >= 15 is 0 Å². The van der Waals surface area contributed by atoms with Crippen LogP contribution in [0.5, 0.6) is 0 Å². The van der Waals surface area contributed by atoms with Crippen molar-refractivity contribution < 1.29 is 19.1 Å². The molecule has 0 saturated carbocycles. The zero-order valence-corrected chi connectivity index (χ0v) is 15.6. The van der Waals surface area contributed by atoms with E-state index in [-0.39, 0.29) is 30.1 Å². The number of ether oxygens (including phenoxy) is 1. The van der Waals surface area contributed by atoms with Crippen LogP contribution in [-0.2, 0) is 14.3 Å². The van der Waals surface area contributed by atoms with Gasteiger partial charge in [0.05, 0.1) is 7.11 Å². The SMILES string of the molecule is COC(=O)CCCNC(=O)[C@@H](CC(C)C)NC(=O)c1ccc(Cl)cc1. The van der Waals surface area contributed by atoms with E-state index in [9.17, 15) is 14.4 Å². The van der Waals surface area contributed by atoms with Crippen molar-refractivity contribution >= 4 is 29.4 Å². The highest BCUT2D eigenvalue weighted by Gasteiger charge is 2.22. The lowest BCUT2D eigenvalue weighted by Crippen LogP contribution is -2.47.